The van der Waals surface area contributed by atoms with Gasteiger partial charge in [-0.2, -0.15) is 10.2 Å². The van der Waals surface area contributed by atoms with Crippen LogP contribution in [0.1, 0.15) is 99.6 Å². The summed E-state index contributed by atoms with van der Waals surface area (Å²) in [5, 5.41) is 12.9. The summed E-state index contributed by atoms with van der Waals surface area (Å²) in [5.41, 5.74) is 17.2. The number of H-pyrrole nitrogens is 1. The van der Waals surface area contributed by atoms with Gasteiger partial charge in [0.05, 0.1) is 11.4 Å². The van der Waals surface area contributed by atoms with E-state index in [4.69, 9.17) is 16.6 Å². The van der Waals surface area contributed by atoms with E-state index >= 15 is 0 Å². The summed E-state index contributed by atoms with van der Waals surface area (Å²) in [6, 6.07) is 0. The Morgan fingerprint density at radius 3 is 2.14 bits per heavy atom. The largest absolute Gasteiger partial charge is 0.329 e. The number of nitrogens with two attached hydrogens (primary N) is 2. The molecule has 0 saturated heterocycles. The molecule has 5 N–H and O–H groups in total. The number of nitrogens with one attached hydrogen (secondary N) is 1. The van der Waals surface area contributed by atoms with Gasteiger partial charge in [-0.25, -0.2) is 0 Å². The summed E-state index contributed by atoms with van der Waals surface area (Å²) in [6.07, 6.45) is 14.7. The minimum Gasteiger partial charge on any atom is -0.329 e. The highest BCUT2D eigenvalue weighted by Gasteiger charge is 2.34. The maximum absolute atomic E-state index is 5.84. The van der Waals surface area contributed by atoms with E-state index < -0.39 is 0 Å². The zero-order valence-corrected chi connectivity index (χ0v) is 23.9. The first-order valence-corrected chi connectivity index (χ1v) is 14.7. The third kappa shape index (κ3) is 7.43. The molecular weight excluding hydrogens is 460 g/mol. The number of aromatic nitrogens is 4. The smallest absolute Gasteiger partial charge is 0.0799 e. The summed E-state index contributed by atoms with van der Waals surface area (Å²) in [5.74, 6) is 2.11. The van der Waals surface area contributed by atoms with Crippen LogP contribution < -0.4 is 11.5 Å². The second-order valence-corrected chi connectivity index (χ2v) is 12.6. The van der Waals surface area contributed by atoms with Gasteiger partial charge in [0.2, 0.25) is 0 Å². The van der Waals surface area contributed by atoms with Crippen molar-refractivity contribution in [2.24, 2.45) is 22.8 Å². The van der Waals surface area contributed by atoms with Crippen LogP contribution >= 0.6 is 0 Å². The van der Waals surface area contributed by atoms with Crippen LogP contribution in [0.4, 0.5) is 0 Å². The fourth-order valence-electron chi connectivity index (χ4n) is 6.69. The molecule has 2 aromatic rings. The highest BCUT2D eigenvalue weighted by molar-refractivity contribution is 5.24. The maximum Gasteiger partial charge on any atom is 0.0799 e. The molecule has 8 heteroatoms. The van der Waals surface area contributed by atoms with E-state index in [-0.39, 0.29) is 5.41 Å². The molecule has 0 aromatic carbocycles. The van der Waals surface area contributed by atoms with Gasteiger partial charge in [0.25, 0.3) is 0 Å². The van der Waals surface area contributed by atoms with E-state index in [1.54, 1.807) is 0 Å². The van der Waals surface area contributed by atoms with Gasteiger partial charge in [0.1, 0.15) is 0 Å². The van der Waals surface area contributed by atoms with E-state index in [1.807, 2.05) is 0 Å². The first kappa shape index (κ1) is 28.3. The first-order valence-electron chi connectivity index (χ1n) is 14.7. The standard InChI is InChI=1S/C29H52N8/c1-22-5-7-23(8-6-22)26-18-37(34-28(26)20-36(4)16-14-31)21-29(2)11-9-24(10-12-29)25-17-32-33-27(25)19-35(3)15-13-30/h17-18,22-24H,5-16,19-21,30-31H2,1-4H3,(H,32,33). The Bertz CT molecular complexity index is 949. The van der Waals surface area contributed by atoms with Crippen molar-refractivity contribution in [1.82, 2.24) is 29.8 Å². The molecule has 2 fully saturated rings. The van der Waals surface area contributed by atoms with E-state index in [2.05, 4.69) is 65.0 Å². The molecule has 2 saturated carbocycles. The summed E-state index contributed by atoms with van der Waals surface area (Å²) in [4.78, 5) is 4.58. The second kappa shape index (κ2) is 12.9. The fraction of sp³-hybridized carbons (Fsp3) is 0.793. The van der Waals surface area contributed by atoms with Crippen LogP contribution in [-0.2, 0) is 19.6 Å². The van der Waals surface area contributed by atoms with Gasteiger partial charge in [0.15, 0.2) is 0 Å². The maximum atomic E-state index is 5.84. The third-order valence-corrected chi connectivity index (χ3v) is 9.12. The molecule has 2 aromatic heterocycles. The fourth-order valence-corrected chi connectivity index (χ4v) is 6.69. The van der Waals surface area contributed by atoms with Gasteiger partial charge >= 0.3 is 0 Å². The van der Waals surface area contributed by atoms with E-state index in [0.717, 1.165) is 38.6 Å². The SMILES string of the molecule is CC1CCC(c2cn(CC3(C)CCC(c4c[nH]nc4CN(C)CCN)CC3)nc2CN(C)CCN)CC1. The lowest BCUT2D eigenvalue weighted by atomic mass is 9.70. The van der Waals surface area contributed by atoms with Gasteiger partial charge in [-0.05, 0) is 86.9 Å². The lowest BCUT2D eigenvalue weighted by Gasteiger charge is -2.37. The molecule has 2 aliphatic rings. The predicted molar refractivity (Wildman–Crippen MR) is 151 cm³/mol. The van der Waals surface area contributed by atoms with Crippen molar-refractivity contribution in [2.75, 3.05) is 40.3 Å². The molecule has 2 heterocycles. The van der Waals surface area contributed by atoms with Gasteiger partial charge in [-0.15, -0.1) is 0 Å². The molecular formula is C29H52N8. The number of rotatable bonds is 12. The average Bonchev–Trinajstić information content (AvgIpc) is 3.47. The lowest BCUT2D eigenvalue weighted by molar-refractivity contribution is 0.161. The highest BCUT2D eigenvalue weighted by atomic mass is 15.3. The number of hydrogen-bond acceptors (Lipinski definition) is 6. The Labute approximate surface area is 224 Å². The van der Waals surface area contributed by atoms with Gasteiger partial charge in [0, 0.05) is 58.2 Å². The molecule has 8 nitrogen and oxygen atoms in total. The van der Waals surface area contributed by atoms with Crippen LogP contribution in [0.25, 0.3) is 0 Å². The zero-order valence-electron chi connectivity index (χ0n) is 23.9. The van der Waals surface area contributed by atoms with Crippen LogP contribution in [0.2, 0.25) is 0 Å². The molecule has 2 aliphatic carbocycles. The number of nitrogens with zero attached hydrogens (tertiary/aromatic N) is 5. The molecule has 4 rings (SSSR count). The van der Waals surface area contributed by atoms with E-state index in [1.165, 1.54) is 73.9 Å². The summed E-state index contributed by atoms with van der Waals surface area (Å²) in [7, 11) is 4.29. The third-order valence-electron chi connectivity index (χ3n) is 9.12. The Morgan fingerprint density at radius 1 is 0.919 bits per heavy atom. The summed E-state index contributed by atoms with van der Waals surface area (Å²) >= 11 is 0. The second-order valence-electron chi connectivity index (χ2n) is 12.6. The Kier molecular flexibility index (Phi) is 9.84. The van der Waals surface area contributed by atoms with Crippen LogP contribution in [0.5, 0.6) is 0 Å². The van der Waals surface area contributed by atoms with Crippen molar-refractivity contribution in [1.29, 1.82) is 0 Å². The van der Waals surface area contributed by atoms with Crippen molar-refractivity contribution in [3.05, 3.63) is 34.9 Å². The minimum atomic E-state index is 0.279. The number of likely N-dealkylation sites (N-methyl/N-ethyl adjacent to an activating group) is 2. The first-order chi connectivity index (χ1) is 17.8. The topological polar surface area (TPSA) is 105 Å². The van der Waals surface area contributed by atoms with Gasteiger partial charge in [-0.1, -0.05) is 26.7 Å². The molecule has 0 aliphatic heterocycles. The molecule has 0 unspecified atom stereocenters. The molecule has 0 amide bonds. The minimum absolute atomic E-state index is 0.279. The average molecular weight is 513 g/mol. The molecule has 0 radical (unpaired) electrons. The van der Waals surface area contributed by atoms with Crippen LogP contribution in [-0.4, -0.2) is 70.1 Å². The Hall–Kier alpha value is -1.74. The van der Waals surface area contributed by atoms with Crippen molar-refractivity contribution < 1.29 is 0 Å². The molecule has 0 spiro atoms. The highest BCUT2D eigenvalue weighted by Crippen LogP contribution is 2.45. The predicted octanol–water partition coefficient (Wildman–Crippen LogP) is 4.05. The Balaban J connectivity index is 1.42. The van der Waals surface area contributed by atoms with Crippen molar-refractivity contribution in [2.45, 2.75) is 96.7 Å². The lowest BCUT2D eigenvalue weighted by Crippen LogP contribution is -2.30. The van der Waals surface area contributed by atoms with Crippen LogP contribution in [0.15, 0.2) is 12.4 Å². The van der Waals surface area contributed by atoms with Crippen LogP contribution in [0.3, 0.4) is 0 Å². The number of aromatic amines is 1. The van der Waals surface area contributed by atoms with Gasteiger partial charge < -0.3 is 11.5 Å². The van der Waals surface area contributed by atoms with Crippen molar-refractivity contribution >= 4 is 0 Å². The monoisotopic (exact) mass is 512 g/mol. The molecule has 37 heavy (non-hydrogen) atoms. The molecule has 0 bridgehead atoms. The number of hydrogen-bond donors (Lipinski definition) is 3. The van der Waals surface area contributed by atoms with Crippen molar-refractivity contribution in [3.63, 3.8) is 0 Å². The normalized spacial score (nSPS) is 26.9. The molecule has 0 atom stereocenters. The Morgan fingerprint density at radius 2 is 1.51 bits per heavy atom. The molecule has 208 valence electrons. The quantitative estimate of drug-likeness (QED) is 0.396. The zero-order chi connectivity index (χ0) is 26.4. The van der Waals surface area contributed by atoms with E-state index in [0.29, 0.717) is 24.9 Å². The summed E-state index contributed by atoms with van der Waals surface area (Å²) < 4.78 is 2.30. The van der Waals surface area contributed by atoms with Crippen molar-refractivity contribution in [3.8, 4) is 0 Å². The van der Waals surface area contributed by atoms with E-state index in [9.17, 15) is 0 Å². The van der Waals surface area contributed by atoms with Gasteiger partial charge in [-0.3, -0.25) is 19.6 Å². The van der Waals surface area contributed by atoms with Crippen LogP contribution in [0, 0.1) is 11.3 Å². The summed E-state index contributed by atoms with van der Waals surface area (Å²) in [6.45, 7) is 10.8.